The minimum absolute atomic E-state index is 0.0867. The van der Waals surface area contributed by atoms with Gasteiger partial charge in [-0.15, -0.1) is 11.6 Å². The van der Waals surface area contributed by atoms with Crippen LogP contribution in [-0.2, 0) is 10.6 Å². The second kappa shape index (κ2) is 5.76. The molecule has 1 fully saturated rings. The molecule has 0 bridgehead atoms. The Hall–Kier alpha value is -0.320. The molecule has 1 atom stereocenters. The number of hydrogen-bond acceptors (Lipinski definition) is 3. The van der Waals surface area contributed by atoms with E-state index in [2.05, 4.69) is 32.7 Å². The summed E-state index contributed by atoms with van der Waals surface area (Å²) in [7, 11) is 1.78. The Balaban J connectivity index is 2.25. The lowest BCUT2D eigenvalue weighted by atomic mass is 9.94. The Morgan fingerprint density at radius 3 is 3.06 bits per heavy atom. The van der Waals surface area contributed by atoms with Gasteiger partial charge in [-0.2, -0.15) is 0 Å². The molecule has 18 heavy (non-hydrogen) atoms. The second-order valence-corrected chi connectivity index (χ2v) is 6.13. The maximum atomic E-state index is 6.01. The minimum Gasteiger partial charge on any atom is -0.377 e. The lowest BCUT2D eigenvalue weighted by Gasteiger charge is -2.40. The van der Waals surface area contributed by atoms with Crippen molar-refractivity contribution in [2.75, 3.05) is 25.1 Å². The van der Waals surface area contributed by atoms with Crippen LogP contribution in [0.2, 0.25) is 0 Å². The molecule has 0 aromatic carbocycles. The molecule has 1 aliphatic rings. The summed E-state index contributed by atoms with van der Waals surface area (Å²) in [6.45, 7) is 4.03. The zero-order valence-corrected chi connectivity index (χ0v) is 13.1. The van der Waals surface area contributed by atoms with Crippen LogP contribution in [0.3, 0.4) is 0 Å². The van der Waals surface area contributed by atoms with E-state index >= 15 is 0 Å². The van der Waals surface area contributed by atoms with Crippen molar-refractivity contribution >= 4 is 33.3 Å². The largest absolute Gasteiger partial charge is 0.377 e. The Kier molecular flexibility index (Phi) is 4.51. The van der Waals surface area contributed by atoms with E-state index in [0.29, 0.717) is 5.88 Å². The van der Waals surface area contributed by atoms with E-state index in [1.165, 1.54) is 0 Å². The highest BCUT2D eigenvalue weighted by Gasteiger charge is 2.32. The molecule has 0 N–H and O–H groups in total. The van der Waals surface area contributed by atoms with Gasteiger partial charge in [0.05, 0.1) is 11.5 Å². The van der Waals surface area contributed by atoms with E-state index in [1.807, 2.05) is 12.3 Å². The summed E-state index contributed by atoms with van der Waals surface area (Å²) < 4.78 is 6.58. The van der Waals surface area contributed by atoms with Crippen molar-refractivity contribution in [1.82, 2.24) is 4.98 Å². The Morgan fingerprint density at radius 2 is 2.39 bits per heavy atom. The van der Waals surface area contributed by atoms with Gasteiger partial charge in [0.15, 0.2) is 0 Å². The van der Waals surface area contributed by atoms with Crippen LogP contribution in [0, 0.1) is 0 Å². The van der Waals surface area contributed by atoms with E-state index in [-0.39, 0.29) is 5.60 Å². The molecule has 5 heteroatoms. The van der Waals surface area contributed by atoms with Crippen LogP contribution in [0.25, 0.3) is 0 Å². The first-order chi connectivity index (χ1) is 8.58. The third-order valence-electron chi connectivity index (χ3n) is 3.50. The van der Waals surface area contributed by atoms with Crippen LogP contribution in [0.4, 0.5) is 5.82 Å². The first-order valence-corrected chi connectivity index (χ1v) is 7.41. The molecule has 3 nitrogen and oxygen atoms in total. The number of pyridine rings is 1. The highest BCUT2D eigenvalue weighted by Crippen LogP contribution is 2.30. The normalized spacial score (nSPS) is 24.3. The Bertz CT molecular complexity index is 429. The number of halogens is 2. The topological polar surface area (TPSA) is 25.4 Å². The van der Waals surface area contributed by atoms with E-state index in [0.717, 1.165) is 41.8 Å². The van der Waals surface area contributed by atoms with Gasteiger partial charge in [-0.1, -0.05) is 0 Å². The van der Waals surface area contributed by atoms with Gasteiger partial charge in [0.2, 0.25) is 0 Å². The number of alkyl halides is 1. The van der Waals surface area contributed by atoms with Gasteiger partial charge >= 0.3 is 0 Å². The second-order valence-electron chi connectivity index (χ2n) is 4.95. The fourth-order valence-corrected chi connectivity index (χ4v) is 2.99. The van der Waals surface area contributed by atoms with Crippen molar-refractivity contribution in [1.29, 1.82) is 0 Å². The molecule has 0 radical (unpaired) electrons. The molecule has 1 aromatic rings. The summed E-state index contributed by atoms with van der Waals surface area (Å²) in [5, 5.41) is 0. The summed E-state index contributed by atoms with van der Waals surface area (Å²) >= 11 is 9.44. The van der Waals surface area contributed by atoms with E-state index in [9.17, 15) is 0 Å². The van der Waals surface area contributed by atoms with Gasteiger partial charge in [0.25, 0.3) is 0 Å². The van der Waals surface area contributed by atoms with Crippen LogP contribution in [0.1, 0.15) is 25.3 Å². The number of nitrogens with zero attached hydrogens (tertiary/aromatic N) is 2. The van der Waals surface area contributed by atoms with Gasteiger partial charge in [-0.3, -0.25) is 0 Å². The highest BCUT2D eigenvalue weighted by atomic mass is 79.9. The zero-order chi connectivity index (χ0) is 13.2. The summed E-state index contributed by atoms with van der Waals surface area (Å²) in [6, 6.07) is 2.04. The number of piperidine rings is 1. The summed E-state index contributed by atoms with van der Waals surface area (Å²) in [6.07, 6.45) is 4.03. The summed E-state index contributed by atoms with van der Waals surface area (Å²) in [5.74, 6) is 1.46. The molecule has 1 aliphatic heterocycles. The van der Waals surface area contributed by atoms with Crippen molar-refractivity contribution in [3.05, 3.63) is 22.3 Å². The number of aromatic nitrogens is 1. The minimum atomic E-state index is -0.0867. The van der Waals surface area contributed by atoms with Crippen LogP contribution in [0.15, 0.2) is 16.7 Å². The zero-order valence-electron chi connectivity index (χ0n) is 10.7. The molecule has 1 aromatic heterocycles. The first-order valence-electron chi connectivity index (χ1n) is 6.08. The van der Waals surface area contributed by atoms with E-state index in [1.54, 1.807) is 7.11 Å². The predicted molar refractivity (Wildman–Crippen MR) is 78.4 cm³/mol. The summed E-state index contributed by atoms with van der Waals surface area (Å²) in [5.41, 5.74) is 0.975. The highest BCUT2D eigenvalue weighted by molar-refractivity contribution is 9.10. The average Bonchev–Trinajstić information content (AvgIpc) is 2.38. The maximum absolute atomic E-state index is 6.01. The fraction of sp³-hybridized carbons (Fsp3) is 0.615. The quantitative estimate of drug-likeness (QED) is 0.791. The van der Waals surface area contributed by atoms with Crippen LogP contribution in [0.5, 0.6) is 0 Å². The van der Waals surface area contributed by atoms with Crippen LogP contribution in [-0.4, -0.2) is 30.8 Å². The Labute approximate surface area is 122 Å². The molecule has 0 spiro atoms. The van der Waals surface area contributed by atoms with Crippen molar-refractivity contribution < 1.29 is 4.74 Å². The molecule has 1 unspecified atom stereocenters. The lowest BCUT2D eigenvalue weighted by molar-refractivity contribution is -0.00483. The van der Waals surface area contributed by atoms with Crippen LogP contribution >= 0.6 is 27.5 Å². The number of ether oxygens (including phenoxy) is 1. The van der Waals surface area contributed by atoms with Crippen molar-refractivity contribution in [3.8, 4) is 0 Å². The van der Waals surface area contributed by atoms with Gasteiger partial charge in [0.1, 0.15) is 5.82 Å². The average molecular weight is 334 g/mol. The molecule has 2 heterocycles. The van der Waals surface area contributed by atoms with E-state index in [4.69, 9.17) is 16.3 Å². The van der Waals surface area contributed by atoms with Gasteiger partial charge in [-0.05, 0) is 41.8 Å². The molecule has 0 saturated carbocycles. The third-order valence-corrected chi connectivity index (χ3v) is 4.23. The van der Waals surface area contributed by atoms with Crippen molar-refractivity contribution in [2.24, 2.45) is 0 Å². The lowest BCUT2D eigenvalue weighted by Crippen LogP contribution is -2.48. The van der Waals surface area contributed by atoms with E-state index < -0.39 is 0 Å². The molecule has 100 valence electrons. The molecular weight excluding hydrogens is 316 g/mol. The third kappa shape index (κ3) is 2.98. The Morgan fingerprint density at radius 1 is 1.61 bits per heavy atom. The van der Waals surface area contributed by atoms with Gasteiger partial charge in [-0.25, -0.2) is 4.98 Å². The molecule has 1 saturated heterocycles. The molecule has 0 amide bonds. The van der Waals surface area contributed by atoms with Gasteiger partial charge < -0.3 is 9.64 Å². The standard InChI is InChI=1S/C13H18BrClN2O/c1-13(18-2)4-3-5-17(9-13)12-10(7-15)6-11(14)8-16-12/h6,8H,3-5,7,9H2,1-2H3. The maximum Gasteiger partial charge on any atom is 0.133 e. The predicted octanol–water partition coefficient (Wildman–Crippen LogP) is 3.59. The number of rotatable bonds is 3. The van der Waals surface area contributed by atoms with Crippen molar-refractivity contribution in [3.63, 3.8) is 0 Å². The summed E-state index contributed by atoms with van der Waals surface area (Å²) in [4.78, 5) is 6.79. The molecule has 0 aliphatic carbocycles. The molecule has 2 rings (SSSR count). The SMILES string of the molecule is COC1(C)CCCN(c2ncc(Br)cc2CCl)C1. The fourth-order valence-electron chi connectivity index (χ4n) is 2.41. The van der Waals surface area contributed by atoms with Crippen molar-refractivity contribution in [2.45, 2.75) is 31.2 Å². The monoisotopic (exact) mass is 332 g/mol. The first kappa shape index (κ1) is 14.1. The number of anilines is 1. The smallest absolute Gasteiger partial charge is 0.133 e. The van der Waals surface area contributed by atoms with Crippen LogP contribution < -0.4 is 4.90 Å². The molecular formula is C13H18BrClN2O. The number of hydrogen-bond donors (Lipinski definition) is 0. The van der Waals surface area contributed by atoms with Gasteiger partial charge in [0, 0.05) is 36.4 Å². The number of methoxy groups -OCH3 is 1.